The number of nitrogens with one attached hydrogen (secondary N) is 1. The molecule has 4 nitrogen and oxygen atoms in total. The van der Waals surface area contributed by atoms with Crippen LogP contribution in [0.4, 0.5) is 4.79 Å². The lowest BCUT2D eigenvalue weighted by Gasteiger charge is -2.41. The van der Waals surface area contributed by atoms with Crippen LogP contribution in [0.5, 0.6) is 0 Å². The van der Waals surface area contributed by atoms with E-state index >= 15 is 0 Å². The molecular weight excluding hydrogens is 334 g/mol. The lowest BCUT2D eigenvalue weighted by atomic mass is 10.0. The highest BCUT2D eigenvalue weighted by Gasteiger charge is 2.37. The minimum Gasteiger partial charge on any atom is -0.338 e. The number of urea groups is 1. The molecule has 1 atom stereocenters. The predicted octanol–water partition coefficient (Wildman–Crippen LogP) is 3.33. The van der Waals surface area contributed by atoms with Crippen LogP contribution in [0.25, 0.3) is 0 Å². The Morgan fingerprint density at radius 3 is 2.26 bits per heavy atom. The molecule has 0 radical (unpaired) electrons. The van der Waals surface area contributed by atoms with Crippen molar-refractivity contribution in [3.05, 3.63) is 71.8 Å². The Balaban J connectivity index is 1.36. The summed E-state index contributed by atoms with van der Waals surface area (Å²) >= 11 is 0. The van der Waals surface area contributed by atoms with Crippen molar-refractivity contribution < 1.29 is 4.79 Å². The quantitative estimate of drug-likeness (QED) is 0.854. The third-order valence-electron chi connectivity index (χ3n) is 5.69. The van der Waals surface area contributed by atoms with Gasteiger partial charge in [-0.2, -0.15) is 0 Å². The SMILES string of the molecule is O=C(NCCc1ccccc1)N1CCN(C2CC2)C[C@@H]1Cc1ccccc1. The van der Waals surface area contributed by atoms with Gasteiger partial charge in [-0.3, -0.25) is 4.90 Å². The maximum atomic E-state index is 12.9. The molecule has 2 aromatic rings. The largest absolute Gasteiger partial charge is 0.338 e. The first kappa shape index (κ1) is 18.1. The second kappa shape index (κ2) is 8.57. The molecule has 0 aromatic heterocycles. The number of piperazine rings is 1. The van der Waals surface area contributed by atoms with Crippen molar-refractivity contribution in [3.63, 3.8) is 0 Å². The number of amides is 2. The molecule has 1 aliphatic heterocycles. The van der Waals surface area contributed by atoms with Crippen molar-refractivity contribution in [2.75, 3.05) is 26.2 Å². The Hall–Kier alpha value is -2.33. The highest BCUT2D eigenvalue weighted by Crippen LogP contribution is 2.29. The lowest BCUT2D eigenvalue weighted by Crippen LogP contribution is -2.58. The van der Waals surface area contributed by atoms with Crippen LogP contribution >= 0.6 is 0 Å². The topological polar surface area (TPSA) is 35.6 Å². The molecule has 142 valence electrons. The van der Waals surface area contributed by atoms with Gasteiger partial charge in [0.2, 0.25) is 0 Å². The zero-order valence-corrected chi connectivity index (χ0v) is 15.9. The van der Waals surface area contributed by atoms with Gasteiger partial charge in [-0.1, -0.05) is 60.7 Å². The van der Waals surface area contributed by atoms with Crippen LogP contribution in [0.15, 0.2) is 60.7 Å². The molecule has 0 unspecified atom stereocenters. The summed E-state index contributed by atoms with van der Waals surface area (Å²) in [7, 11) is 0. The Morgan fingerprint density at radius 1 is 0.926 bits per heavy atom. The third kappa shape index (κ3) is 4.89. The molecule has 2 fully saturated rings. The number of hydrogen-bond acceptors (Lipinski definition) is 2. The molecule has 1 saturated heterocycles. The van der Waals surface area contributed by atoms with E-state index in [1.54, 1.807) is 0 Å². The lowest BCUT2D eigenvalue weighted by molar-refractivity contribution is 0.0894. The number of carbonyl (C=O) groups excluding carboxylic acids is 1. The van der Waals surface area contributed by atoms with Gasteiger partial charge in [0, 0.05) is 32.2 Å². The van der Waals surface area contributed by atoms with Crippen molar-refractivity contribution in [3.8, 4) is 0 Å². The van der Waals surface area contributed by atoms with Gasteiger partial charge in [0.1, 0.15) is 0 Å². The molecule has 1 heterocycles. The fourth-order valence-corrected chi connectivity index (χ4v) is 4.04. The molecule has 1 aliphatic carbocycles. The summed E-state index contributed by atoms with van der Waals surface area (Å²) in [5.74, 6) is 0. The van der Waals surface area contributed by atoms with Gasteiger partial charge in [0.15, 0.2) is 0 Å². The summed E-state index contributed by atoms with van der Waals surface area (Å²) in [4.78, 5) is 17.5. The summed E-state index contributed by atoms with van der Waals surface area (Å²) in [5, 5.41) is 3.14. The van der Waals surface area contributed by atoms with Gasteiger partial charge >= 0.3 is 6.03 Å². The zero-order valence-electron chi connectivity index (χ0n) is 15.9. The summed E-state index contributed by atoms with van der Waals surface area (Å²) in [6.45, 7) is 3.50. The van der Waals surface area contributed by atoms with Crippen LogP contribution in [0.3, 0.4) is 0 Å². The van der Waals surface area contributed by atoms with Gasteiger partial charge in [0.05, 0.1) is 6.04 Å². The van der Waals surface area contributed by atoms with Crippen molar-refractivity contribution in [1.29, 1.82) is 0 Å². The molecule has 27 heavy (non-hydrogen) atoms. The Bertz CT molecular complexity index is 730. The first-order valence-corrected chi connectivity index (χ1v) is 10.2. The Labute approximate surface area is 162 Å². The van der Waals surface area contributed by atoms with Crippen LogP contribution < -0.4 is 5.32 Å². The molecule has 2 aromatic carbocycles. The highest BCUT2D eigenvalue weighted by atomic mass is 16.2. The van der Waals surface area contributed by atoms with Crippen LogP contribution in [-0.2, 0) is 12.8 Å². The standard InChI is InChI=1S/C23H29N3O/c27-23(24-14-13-19-7-3-1-4-8-19)26-16-15-25(21-11-12-21)18-22(26)17-20-9-5-2-6-10-20/h1-10,21-22H,11-18H2,(H,24,27)/t22-/m0/s1. The molecule has 1 saturated carbocycles. The van der Waals surface area contributed by atoms with E-state index in [4.69, 9.17) is 0 Å². The molecule has 0 spiro atoms. The van der Waals surface area contributed by atoms with E-state index in [2.05, 4.69) is 57.6 Å². The number of hydrogen-bond donors (Lipinski definition) is 1. The van der Waals surface area contributed by atoms with Gasteiger partial charge in [-0.05, 0) is 36.8 Å². The first-order valence-electron chi connectivity index (χ1n) is 10.2. The molecule has 4 heteroatoms. The zero-order chi connectivity index (χ0) is 18.5. The predicted molar refractivity (Wildman–Crippen MR) is 109 cm³/mol. The summed E-state index contributed by atoms with van der Waals surface area (Å²) in [5.41, 5.74) is 2.57. The number of carbonyl (C=O) groups is 1. The second-order valence-corrected chi connectivity index (χ2v) is 7.73. The van der Waals surface area contributed by atoms with Crippen molar-refractivity contribution in [1.82, 2.24) is 15.1 Å². The fourth-order valence-electron chi connectivity index (χ4n) is 4.04. The number of nitrogens with zero attached hydrogens (tertiary/aromatic N) is 2. The third-order valence-corrected chi connectivity index (χ3v) is 5.69. The van der Waals surface area contributed by atoms with Crippen LogP contribution in [0.2, 0.25) is 0 Å². The minimum atomic E-state index is 0.0855. The highest BCUT2D eigenvalue weighted by molar-refractivity contribution is 5.74. The molecule has 2 amide bonds. The smallest absolute Gasteiger partial charge is 0.317 e. The van der Waals surface area contributed by atoms with Gasteiger partial charge < -0.3 is 10.2 Å². The van der Waals surface area contributed by atoms with E-state index < -0.39 is 0 Å². The van der Waals surface area contributed by atoms with E-state index in [0.717, 1.165) is 38.5 Å². The maximum Gasteiger partial charge on any atom is 0.317 e. The van der Waals surface area contributed by atoms with Crippen LogP contribution in [0, 0.1) is 0 Å². The normalized spacial score (nSPS) is 20.4. The molecular formula is C23H29N3O. The van der Waals surface area contributed by atoms with E-state index in [0.29, 0.717) is 6.54 Å². The van der Waals surface area contributed by atoms with Crippen molar-refractivity contribution in [2.24, 2.45) is 0 Å². The average Bonchev–Trinajstić information content (AvgIpc) is 3.55. The van der Waals surface area contributed by atoms with E-state index in [9.17, 15) is 4.79 Å². The summed E-state index contributed by atoms with van der Waals surface area (Å²) in [6.07, 6.45) is 4.44. The van der Waals surface area contributed by atoms with E-state index in [1.165, 1.54) is 24.0 Å². The monoisotopic (exact) mass is 363 g/mol. The molecule has 2 aliphatic rings. The summed E-state index contributed by atoms with van der Waals surface area (Å²) < 4.78 is 0. The van der Waals surface area contributed by atoms with Gasteiger partial charge in [0.25, 0.3) is 0 Å². The Kier molecular flexibility index (Phi) is 5.73. The van der Waals surface area contributed by atoms with Crippen molar-refractivity contribution >= 4 is 6.03 Å². The van der Waals surface area contributed by atoms with Gasteiger partial charge in [-0.25, -0.2) is 4.79 Å². The van der Waals surface area contributed by atoms with Gasteiger partial charge in [-0.15, -0.1) is 0 Å². The number of rotatable bonds is 6. The minimum absolute atomic E-state index is 0.0855. The number of benzene rings is 2. The average molecular weight is 364 g/mol. The Morgan fingerprint density at radius 2 is 1.59 bits per heavy atom. The van der Waals surface area contributed by atoms with Crippen LogP contribution in [-0.4, -0.2) is 54.1 Å². The fraction of sp³-hybridized carbons (Fsp3) is 0.435. The summed E-state index contributed by atoms with van der Waals surface area (Å²) in [6, 6.07) is 22.0. The van der Waals surface area contributed by atoms with Crippen molar-refractivity contribution in [2.45, 2.75) is 37.8 Å². The van der Waals surface area contributed by atoms with E-state index in [1.807, 2.05) is 18.2 Å². The molecule has 4 rings (SSSR count). The van der Waals surface area contributed by atoms with E-state index in [-0.39, 0.29) is 12.1 Å². The molecule has 0 bridgehead atoms. The first-order chi connectivity index (χ1) is 13.3. The maximum absolute atomic E-state index is 12.9. The second-order valence-electron chi connectivity index (χ2n) is 7.73. The van der Waals surface area contributed by atoms with Crippen LogP contribution in [0.1, 0.15) is 24.0 Å². The molecule has 1 N–H and O–H groups in total.